The van der Waals surface area contributed by atoms with E-state index in [4.69, 9.17) is 4.74 Å². The molecule has 3 rings (SSSR count). The van der Waals surface area contributed by atoms with E-state index >= 15 is 0 Å². The number of ether oxygens (including phenoxy) is 1. The number of carbonyl (C=O) groups is 2. The molecular formula is C21H33N7O3. The van der Waals surface area contributed by atoms with Gasteiger partial charge < -0.3 is 19.4 Å². The highest BCUT2D eigenvalue weighted by Gasteiger charge is 2.31. The fourth-order valence-electron chi connectivity index (χ4n) is 3.62. The van der Waals surface area contributed by atoms with Crippen LogP contribution in [0.25, 0.3) is 5.65 Å². The number of carbonyl (C=O) groups excluding carboxylic acids is 2. The summed E-state index contributed by atoms with van der Waals surface area (Å²) < 4.78 is 7.09. The first-order valence-corrected chi connectivity index (χ1v) is 10.7. The van der Waals surface area contributed by atoms with E-state index in [1.165, 1.54) is 0 Å². The standard InChI is InChI=1S/C21H33N7O3/c1-21(2,3)31-19(29)14-27(13-12-25(4)5)20(30)16-8-10-26(11-9-16)18-7-6-17-23-22-15-28(17)24-18/h6-7,15-16H,8-14H2,1-5H3. The minimum Gasteiger partial charge on any atom is -0.459 e. The molecule has 10 heteroatoms. The number of hydrogen-bond donors (Lipinski definition) is 0. The summed E-state index contributed by atoms with van der Waals surface area (Å²) in [6.07, 6.45) is 3.01. The third-order valence-corrected chi connectivity index (χ3v) is 5.18. The zero-order valence-electron chi connectivity index (χ0n) is 19.1. The van der Waals surface area contributed by atoms with E-state index < -0.39 is 5.60 Å². The fraction of sp³-hybridized carbons (Fsp3) is 0.667. The molecule has 0 N–H and O–H groups in total. The number of amides is 1. The molecule has 0 atom stereocenters. The number of likely N-dealkylation sites (N-methyl/N-ethyl adjacent to an activating group) is 1. The van der Waals surface area contributed by atoms with E-state index in [1.807, 2.05) is 51.9 Å². The molecule has 0 radical (unpaired) electrons. The molecule has 31 heavy (non-hydrogen) atoms. The van der Waals surface area contributed by atoms with Crippen LogP contribution in [0.2, 0.25) is 0 Å². The maximum atomic E-state index is 13.2. The number of rotatable bonds is 7. The van der Waals surface area contributed by atoms with Crippen molar-refractivity contribution in [1.29, 1.82) is 0 Å². The summed E-state index contributed by atoms with van der Waals surface area (Å²) in [6, 6.07) is 3.81. The summed E-state index contributed by atoms with van der Waals surface area (Å²) in [5, 5.41) is 12.4. The lowest BCUT2D eigenvalue weighted by Crippen LogP contribution is -2.47. The van der Waals surface area contributed by atoms with Crippen LogP contribution in [0.3, 0.4) is 0 Å². The number of piperidine rings is 1. The van der Waals surface area contributed by atoms with Gasteiger partial charge in [0.15, 0.2) is 5.65 Å². The van der Waals surface area contributed by atoms with Crippen LogP contribution in [0.5, 0.6) is 0 Å². The number of aromatic nitrogens is 4. The van der Waals surface area contributed by atoms with Crippen LogP contribution in [0.4, 0.5) is 5.82 Å². The quantitative estimate of drug-likeness (QED) is 0.601. The number of esters is 1. The van der Waals surface area contributed by atoms with Crippen molar-refractivity contribution in [3.05, 3.63) is 18.5 Å². The molecule has 1 aliphatic heterocycles. The van der Waals surface area contributed by atoms with Crippen molar-refractivity contribution in [3.8, 4) is 0 Å². The van der Waals surface area contributed by atoms with Crippen LogP contribution >= 0.6 is 0 Å². The molecule has 170 valence electrons. The Hall–Kier alpha value is -2.75. The maximum Gasteiger partial charge on any atom is 0.326 e. The Morgan fingerprint density at radius 1 is 1.16 bits per heavy atom. The highest BCUT2D eigenvalue weighted by atomic mass is 16.6. The molecule has 1 saturated heterocycles. The average molecular weight is 432 g/mol. The lowest BCUT2D eigenvalue weighted by atomic mass is 9.95. The van der Waals surface area contributed by atoms with Gasteiger partial charge in [0.25, 0.3) is 0 Å². The summed E-state index contributed by atoms with van der Waals surface area (Å²) >= 11 is 0. The lowest BCUT2D eigenvalue weighted by molar-refractivity contribution is -0.159. The molecule has 0 spiro atoms. The molecule has 0 aliphatic carbocycles. The van der Waals surface area contributed by atoms with Gasteiger partial charge in [0.1, 0.15) is 24.3 Å². The van der Waals surface area contributed by atoms with E-state index in [1.54, 1.807) is 15.7 Å². The number of hydrogen-bond acceptors (Lipinski definition) is 8. The minimum atomic E-state index is -0.572. The van der Waals surface area contributed by atoms with Crippen LogP contribution in [-0.2, 0) is 14.3 Å². The van der Waals surface area contributed by atoms with Gasteiger partial charge in [0.2, 0.25) is 5.91 Å². The third kappa shape index (κ3) is 6.36. The largest absolute Gasteiger partial charge is 0.459 e. The lowest BCUT2D eigenvalue weighted by Gasteiger charge is -2.35. The fourth-order valence-corrected chi connectivity index (χ4v) is 3.62. The molecule has 1 fully saturated rings. The second kappa shape index (κ2) is 9.59. The molecule has 1 amide bonds. The zero-order valence-corrected chi connectivity index (χ0v) is 19.1. The summed E-state index contributed by atoms with van der Waals surface area (Å²) in [5.74, 6) is 0.383. The van der Waals surface area contributed by atoms with Gasteiger partial charge in [-0.3, -0.25) is 9.59 Å². The minimum absolute atomic E-state index is 0.0178. The predicted molar refractivity (Wildman–Crippen MR) is 117 cm³/mol. The van der Waals surface area contributed by atoms with Crippen LogP contribution in [0.1, 0.15) is 33.6 Å². The smallest absolute Gasteiger partial charge is 0.326 e. The predicted octanol–water partition coefficient (Wildman–Crippen LogP) is 1.07. The van der Waals surface area contributed by atoms with E-state index in [2.05, 4.69) is 20.2 Å². The summed E-state index contributed by atoms with van der Waals surface area (Å²) in [7, 11) is 3.91. The van der Waals surface area contributed by atoms with Crippen molar-refractivity contribution in [1.82, 2.24) is 29.6 Å². The van der Waals surface area contributed by atoms with Crippen LogP contribution in [0, 0.1) is 5.92 Å². The first-order valence-electron chi connectivity index (χ1n) is 10.7. The number of nitrogens with zero attached hydrogens (tertiary/aromatic N) is 7. The van der Waals surface area contributed by atoms with E-state index in [0.29, 0.717) is 31.6 Å². The van der Waals surface area contributed by atoms with Gasteiger partial charge in [0, 0.05) is 32.1 Å². The Labute approximate surface area is 183 Å². The molecule has 0 bridgehead atoms. The molecule has 10 nitrogen and oxygen atoms in total. The molecule has 0 aromatic carbocycles. The monoisotopic (exact) mass is 431 g/mol. The SMILES string of the molecule is CN(C)CCN(CC(=O)OC(C)(C)C)C(=O)C1CCN(c2ccc3nncn3n2)CC1. The molecule has 1 aliphatic rings. The van der Waals surface area contributed by atoms with Gasteiger partial charge >= 0.3 is 5.97 Å². The van der Waals surface area contributed by atoms with Crippen LogP contribution in [-0.4, -0.2) is 93.9 Å². The van der Waals surface area contributed by atoms with Gasteiger partial charge in [-0.25, -0.2) is 0 Å². The Morgan fingerprint density at radius 3 is 2.52 bits per heavy atom. The average Bonchev–Trinajstić information content (AvgIpc) is 3.17. The van der Waals surface area contributed by atoms with Crippen molar-refractivity contribution < 1.29 is 14.3 Å². The highest BCUT2D eigenvalue weighted by molar-refractivity contribution is 5.84. The van der Waals surface area contributed by atoms with Crippen molar-refractivity contribution in [3.63, 3.8) is 0 Å². The molecule has 0 saturated carbocycles. The van der Waals surface area contributed by atoms with Crippen LogP contribution in [0.15, 0.2) is 18.5 Å². The van der Waals surface area contributed by atoms with Crippen LogP contribution < -0.4 is 4.90 Å². The first-order chi connectivity index (χ1) is 14.6. The van der Waals surface area contributed by atoms with Crippen molar-refractivity contribution in [2.24, 2.45) is 5.92 Å². The zero-order chi connectivity index (χ0) is 22.6. The van der Waals surface area contributed by atoms with E-state index in [0.717, 1.165) is 18.9 Å². The second-order valence-corrected chi connectivity index (χ2v) is 9.24. The van der Waals surface area contributed by atoms with E-state index in [-0.39, 0.29) is 24.3 Å². The molecular weight excluding hydrogens is 398 g/mol. The molecule has 3 heterocycles. The van der Waals surface area contributed by atoms with Crippen molar-refractivity contribution in [2.75, 3.05) is 51.7 Å². The van der Waals surface area contributed by atoms with E-state index in [9.17, 15) is 9.59 Å². The highest BCUT2D eigenvalue weighted by Crippen LogP contribution is 2.24. The maximum absolute atomic E-state index is 13.2. The Morgan fingerprint density at radius 2 is 1.87 bits per heavy atom. The molecule has 2 aromatic heterocycles. The van der Waals surface area contributed by atoms with Gasteiger partial charge in [-0.1, -0.05) is 0 Å². The summed E-state index contributed by atoms with van der Waals surface area (Å²) in [5.41, 5.74) is 0.130. The Kier molecular flexibility index (Phi) is 7.09. The van der Waals surface area contributed by atoms with Gasteiger partial charge in [-0.15, -0.1) is 15.3 Å². The second-order valence-electron chi connectivity index (χ2n) is 9.24. The number of anilines is 1. The normalized spacial score (nSPS) is 15.5. The van der Waals surface area contributed by atoms with Gasteiger partial charge in [0.05, 0.1) is 0 Å². The topological polar surface area (TPSA) is 96.2 Å². The summed E-state index contributed by atoms with van der Waals surface area (Å²) in [6.45, 7) is 8.12. The van der Waals surface area contributed by atoms with Gasteiger partial charge in [-0.2, -0.15) is 4.52 Å². The molecule has 0 unspecified atom stereocenters. The first kappa shape index (κ1) is 22.9. The van der Waals surface area contributed by atoms with Crippen molar-refractivity contribution >= 4 is 23.3 Å². The summed E-state index contributed by atoms with van der Waals surface area (Å²) in [4.78, 5) is 31.4. The Balaban J connectivity index is 1.61. The molecule has 2 aromatic rings. The Bertz CT molecular complexity index is 898. The number of fused-ring (bicyclic) bond motifs is 1. The third-order valence-electron chi connectivity index (χ3n) is 5.18. The van der Waals surface area contributed by atoms with Crippen molar-refractivity contribution in [2.45, 2.75) is 39.2 Å². The van der Waals surface area contributed by atoms with Gasteiger partial charge in [-0.05, 0) is 59.8 Å².